The third-order valence-corrected chi connectivity index (χ3v) is 1.29. The highest BCUT2D eigenvalue weighted by molar-refractivity contribution is 5.62. The average Bonchev–Trinajstić information content (AvgIpc) is 2.03. The van der Waals surface area contributed by atoms with E-state index in [0.29, 0.717) is 5.56 Å². The van der Waals surface area contributed by atoms with Crippen LogP contribution in [0, 0.1) is 0 Å². The standard InChI is InChI=1S/C7H9NO2.C2H4O2/c8-4-5-1-2-6(9)3-7(5)10;1-2(3)4/h1-3,9-10H,4,8H2;1H3,(H,3,4). The van der Waals surface area contributed by atoms with Crippen molar-refractivity contribution in [2.24, 2.45) is 5.73 Å². The minimum Gasteiger partial charge on any atom is -0.508 e. The lowest BCUT2D eigenvalue weighted by Gasteiger charge is -1.99. The lowest BCUT2D eigenvalue weighted by Crippen LogP contribution is -1.95. The van der Waals surface area contributed by atoms with Crippen molar-refractivity contribution >= 4 is 5.97 Å². The minimum absolute atomic E-state index is 0.0440. The number of carbonyl (C=O) groups is 1. The quantitative estimate of drug-likeness (QED) is 0.531. The first-order chi connectivity index (χ1) is 6.47. The Labute approximate surface area is 81.4 Å². The molecule has 0 saturated carbocycles. The monoisotopic (exact) mass is 199 g/mol. The summed E-state index contributed by atoms with van der Waals surface area (Å²) in [5.74, 6) is -0.739. The zero-order valence-electron chi connectivity index (χ0n) is 7.77. The van der Waals surface area contributed by atoms with Gasteiger partial charge < -0.3 is 21.1 Å². The molecular formula is C9H13NO4. The molecule has 14 heavy (non-hydrogen) atoms. The van der Waals surface area contributed by atoms with Crippen LogP contribution in [0.1, 0.15) is 12.5 Å². The van der Waals surface area contributed by atoms with E-state index in [1.807, 2.05) is 0 Å². The molecule has 0 unspecified atom stereocenters. The Hall–Kier alpha value is -1.75. The topological polar surface area (TPSA) is 104 Å². The SMILES string of the molecule is CC(=O)O.NCc1ccc(O)cc1O. The number of nitrogens with two attached hydrogens (primary N) is 1. The highest BCUT2D eigenvalue weighted by Crippen LogP contribution is 2.21. The van der Waals surface area contributed by atoms with Gasteiger partial charge >= 0.3 is 0 Å². The van der Waals surface area contributed by atoms with Crippen molar-refractivity contribution in [1.82, 2.24) is 0 Å². The van der Waals surface area contributed by atoms with Crippen LogP contribution >= 0.6 is 0 Å². The molecule has 0 aliphatic heterocycles. The van der Waals surface area contributed by atoms with Crippen molar-refractivity contribution in [3.05, 3.63) is 23.8 Å². The van der Waals surface area contributed by atoms with E-state index >= 15 is 0 Å². The first-order valence-corrected chi connectivity index (χ1v) is 3.87. The van der Waals surface area contributed by atoms with Crippen molar-refractivity contribution in [3.8, 4) is 11.5 Å². The molecule has 0 aliphatic rings. The van der Waals surface area contributed by atoms with Gasteiger partial charge in [-0.15, -0.1) is 0 Å². The van der Waals surface area contributed by atoms with Gasteiger partial charge in [0.1, 0.15) is 11.5 Å². The first kappa shape index (κ1) is 12.2. The Morgan fingerprint density at radius 2 is 1.93 bits per heavy atom. The molecule has 0 heterocycles. The number of aromatic hydroxyl groups is 2. The van der Waals surface area contributed by atoms with Crippen LogP contribution in [0.2, 0.25) is 0 Å². The molecule has 0 radical (unpaired) electrons. The van der Waals surface area contributed by atoms with Gasteiger partial charge in [-0.3, -0.25) is 4.79 Å². The van der Waals surface area contributed by atoms with Gasteiger partial charge in [-0.1, -0.05) is 6.07 Å². The highest BCUT2D eigenvalue weighted by Gasteiger charge is 1.97. The van der Waals surface area contributed by atoms with Gasteiger partial charge in [-0.25, -0.2) is 0 Å². The van der Waals surface area contributed by atoms with Gasteiger partial charge in [0.05, 0.1) is 0 Å². The zero-order valence-corrected chi connectivity index (χ0v) is 7.77. The van der Waals surface area contributed by atoms with Crippen LogP contribution < -0.4 is 5.73 Å². The van der Waals surface area contributed by atoms with E-state index in [1.165, 1.54) is 12.1 Å². The van der Waals surface area contributed by atoms with E-state index in [2.05, 4.69) is 0 Å². The third-order valence-electron chi connectivity index (χ3n) is 1.29. The van der Waals surface area contributed by atoms with Gasteiger partial charge in [0, 0.05) is 25.1 Å². The van der Waals surface area contributed by atoms with E-state index in [9.17, 15) is 0 Å². The minimum atomic E-state index is -0.833. The number of hydrogen-bond donors (Lipinski definition) is 4. The molecule has 0 aromatic heterocycles. The lowest BCUT2D eigenvalue weighted by molar-refractivity contribution is -0.134. The fourth-order valence-corrected chi connectivity index (χ4v) is 0.725. The Morgan fingerprint density at radius 1 is 1.43 bits per heavy atom. The van der Waals surface area contributed by atoms with Gasteiger partial charge in [0.15, 0.2) is 0 Å². The number of aliphatic carboxylic acids is 1. The van der Waals surface area contributed by atoms with Gasteiger partial charge in [0.25, 0.3) is 5.97 Å². The van der Waals surface area contributed by atoms with Crippen LogP contribution in [-0.4, -0.2) is 21.3 Å². The van der Waals surface area contributed by atoms with Crippen LogP contribution in [0.15, 0.2) is 18.2 Å². The van der Waals surface area contributed by atoms with Crippen LogP contribution in [0.25, 0.3) is 0 Å². The molecule has 5 heteroatoms. The van der Waals surface area contributed by atoms with E-state index in [-0.39, 0.29) is 18.0 Å². The molecule has 0 fully saturated rings. The molecule has 1 aromatic rings. The summed E-state index contributed by atoms with van der Waals surface area (Å²) in [6.07, 6.45) is 0. The van der Waals surface area contributed by atoms with E-state index in [0.717, 1.165) is 6.92 Å². The Kier molecular flexibility index (Phi) is 5.09. The summed E-state index contributed by atoms with van der Waals surface area (Å²) < 4.78 is 0. The van der Waals surface area contributed by atoms with Crippen LogP contribution in [0.5, 0.6) is 11.5 Å². The largest absolute Gasteiger partial charge is 0.508 e. The lowest BCUT2D eigenvalue weighted by atomic mass is 10.2. The van der Waals surface area contributed by atoms with Gasteiger partial charge in [-0.05, 0) is 6.07 Å². The third kappa shape index (κ3) is 5.00. The summed E-state index contributed by atoms with van der Waals surface area (Å²) in [7, 11) is 0. The Bertz CT molecular complexity index is 308. The fraction of sp³-hybridized carbons (Fsp3) is 0.222. The second-order valence-corrected chi connectivity index (χ2v) is 2.54. The number of rotatable bonds is 1. The van der Waals surface area contributed by atoms with E-state index in [1.54, 1.807) is 6.07 Å². The average molecular weight is 199 g/mol. The summed E-state index contributed by atoms with van der Waals surface area (Å²) in [5.41, 5.74) is 5.90. The maximum atomic E-state index is 9.05. The number of phenols is 2. The number of carboxylic acid groups (broad SMARTS) is 1. The first-order valence-electron chi connectivity index (χ1n) is 3.87. The molecule has 0 atom stereocenters. The fourth-order valence-electron chi connectivity index (χ4n) is 0.725. The molecule has 0 aliphatic carbocycles. The number of benzene rings is 1. The smallest absolute Gasteiger partial charge is 0.300 e. The van der Waals surface area contributed by atoms with E-state index < -0.39 is 5.97 Å². The summed E-state index contributed by atoms with van der Waals surface area (Å²) in [4.78, 5) is 9.00. The summed E-state index contributed by atoms with van der Waals surface area (Å²) in [6.45, 7) is 1.37. The molecule has 0 saturated heterocycles. The maximum Gasteiger partial charge on any atom is 0.300 e. The molecule has 0 amide bonds. The predicted octanol–water partition coefficient (Wildman–Crippen LogP) is 0.647. The zero-order chi connectivity index (χ0) is 11.1. The Balaban J connectivity index is 0.000000364. The van der Waals surface area contributed by atoms with Crippen molar-refractivity contribution in [1.29, 1.82) is 0 Å². The van der Waals surface area contributed by atoms with Crippen molar-refractivity contribution in [2.45, 2.75) is 13.5 Å². The molecule has 0 bridgehead atoms. The second kappa shape index (κ2) is 5.82. The summed E-state index contributed by atoms with van der Waals surface area (Å²) in [6, 6.07) is 4.34. The van der Waals surface area contributed by atoms with Crippen LogP contribution in [0.4, 0.5) is 0 Å². The number of hydrogen-bond acceptors (Lipinski definition) is 4. The van der Waals surface area contributed by atoms with Gasteiger partial charge in [-0.2, -0.15) is 0 Å². The molecule has 1 rings (SSSR count). The van der Waals surface area contributed by atoms with Crippen LogP contribution in [-0.2, 0) is 11.3 Å². The maximum absolute atomic E-state index is 9.05. The molecule has 5 N–H and O–H groups in total. The molecule has 78 valence electrons. The van der Waals surface area contributed by atoms with Crippen molar-refractivity contribution in [3.63, 3.8) is 0 Å². The van der Waals surface area contributed by atoms with Crippen LogP contribution in [0.3, 0.4) is 0 Å². The van der Waals surface area contributed by atoms with Crippen molar-refractivity contribution in [2.75, 3.05) is 0 Å². The number of phenolic OH excluding ortho intramolecular Hbond substituents is 2. The highest BCUT2D eigenvalue weighted by atomic mass is 16.4. The molecule has 1 aromatic carbocycles. The predicted molar refractivity (Wildman–Crippen MR) is 51.0 cm³/mol. The van der Waals surface area contributed by atoms with Gasteiger partial charge in [0.2, 0.25) is 0 Å². The van der Waals surface area contributed by atoms with Crippen molar-refractivity contribution < 1.29 is 20.1 Å². The number of carboxylic acids is 1. The van der Waals surface area contributed by atoms with E-state index in [4.69, 9.17) is 25.8 Å². The second-order valence-electron chi connectivity index (χ2n) is 2.54. The summed E-state index contributed by atoms with van der Waals surface area (Å²) >= 11 is 0. The summed E-state index contributed by atoms with van der Waals surface area (Å²) in [5, 5.41) is 25.3. The molecule has 0 spiro atoms. The molecular weight excluding hydrogens is 186 g/mol. The normalized spacial score (nSPS) is 8.71. The Morgan fingerprint density at radius 3 is 2.29 bits per heavy atom. The molecule has 5 nitrogen and oxygen atoms in total.